The molecule has 0 saturated heterocycles. The molecule has 1 atom stereocenters. The van der Waals surface area contributed by atoms with Crippen molar-refractivity contribution in [2.24, 2.45) is 5.92 Å². The number of hydrogen-bond donors (Lipinski definition) is 1. The SMILES string of the molecule is Cc1cc(F)cc(C)c1S(=O)(=O)NCC(Cl)C1CC1. The monoisotopic (exact) mass is 305 g/mol. The Balaban J connectivity index is 2.19. The molecule has 0 spiro atoms. The van der Waals surface area contributed by atoms with Gasteiger partial charge in [0.05, 0.1) is 4.90 Å². The minimum Gasteiger partial charge on any atom is -0.210 e. The summed E-state index contributed by atoms with van der Waals surface area (Å²) in [5.41, 5.74) is 0.810. The Bertz CT molecular complexity index is 561. The second-order valence-electron chi connectivity index (χ2n) is 5.07. The Morgan fingerprint density at radius 2 is 1.89 bits per heavy atom. The molecule has 106 valence electrons. The first-order valence-corrected chi connectivity index (χ1v) is 8.13. The summed E-state index contributed by atoms with van der Waals surface area (Å²) >= 11 is 6.09. The number of nitrogens with one attached hydrogen (secondary N) is 1. The van der Waals surface area contributed by atoms with E-state index in [4.69, 9.17) is 11.6 Å². The quantitative estimate of drug-likeness (QED) is 0.850. The predicted octanol–water partition coefficient (Wildman–Crippen LogP) is 2.74. The fourth-order valence-corrected chi connectivity index (χ4v) is 4.14. The average molecular weight is 306 g/mol. The van der Waals surface area contributed by atoms with E-state index in [2.05, 4.69) is 4.72 Å². The summed E-state index contributed by atoms with van der Waals surface area (Å²) in [6, 6.07) is 2.45. The normalized spacial score (nSPS) is 17.5. The van der Waals surface area contributed by atoms with Gasteiger partial charge in [0.15, 0.2) is 0 Å². The summed E-state index contributed by atoms with van der Waals surface area (Å²) in [5.74, 6) is -0.0121. The average Bonchev–Trinajstić information content (AvgIpc) is 3.07. The Hall–Kier alpha value is -0.650. The number of sulfonamides is 1. The van der Waals surface area contributed by atoms with Crippen LogP contribution < -0.4 is 4.72 Å². The highest BCUT2D eigenvalue weighted by molar-refractivity contribution is 7.89. The van der Waals surface area contributed by atoms with Gasteiger partial charge in [0.25, 0.3) is 0 Å². The van der Waals surface area contributed by atoms with Gasteiger partial charge < -0.3 is 0 Å². The third-order valence-corrected chi connectivity index (χ3v) is 5.53. The van der Waals surface area contributed by atoms with Crippen LogP contribution in [0.3, 0.4) is 0 Å². The van der Waals surface area contributed by atoms with Crippen LogP contribution in [-0.4, -0.2) is 20.3 Å². The molecule has 2 rings (SSSR count). The van der Waals surface area contributed by atoms with E-state index in [1.807, 2.05) is 0 Å². The topological polar surface area (TPSA) is 46.2 Å². The van der Waals surface area contributed by atoms with Gasteiger partial charge in [-0.15, -0.1) is 11.6 Å². The summed E-state index contributed by atoms with van der Waals surface area (Å²) < 4.78 is 40.2. The van der Waals surface area contributed by atoms with E-state index in [1.54, 1.807) is 13.8 Å². The number of alkyl halides is 1. The third-order valence-electron chi connectivity index (χ3n) is 3.30. The van der Waals surface area contributed by atoms with Crippen molar-refractivity contribution in [3.63, 3.8) is 0 Å². The lowest BCUT2D eigenvalue weighted by molar-refractivity contribution is 0.573. The minimum absolute atomic E-state index is 0.147. The zero-order chi connectivity index (χ0) is 14.2. The van der Waals surface area contributed by atoms with Crippen molar-refractivity contribution in [3.8, 4) is 0 Å². The highest BCUT2D eigenvalue weighted by Gasteiger charge is 2.31. The van der Waals surface area contributed by atoms with Crippen LogP contribution in [0.4, 0.5) is 4.39 Å². The molecule has 0 radical (unpaired) electrons. The first-order valence-electron chi connectivity index (χ1n) is 6.22. The standard InChI is InChI=1S/C13H17ClFNO2S/c1-8-5-11(15)6-9(2)13(8)19(17,18)16-7-12(14)10-3-4-10/h5-6,10,12,16H,3-4,7H2,1-2H3. The van der Waals surface area contributed by atoms with Crippen molar-refractivity contribution in [1.29, 1.82) is 0 Å². The molecule has 1 aliphatic rings. The second kappa shape index (κ2) is 5.38. The predicted molar refractivity (Wildman–Crippen MR) is 73.4 cm³/mol. The highest BCUT2D eigenvalue weighted by atomic mass is 35.5. The third kappa shape index (κ3) is 3.46. The van der Waals surface area contributed by atoms with Crippen molar-refractivity contribution in [1.82, 2.24) is 4.72 Å². The summed E-state index contributed by atoms with van der Waals surface area (Å²) in [7, 11) is -3.64. The lowest BCUT2D eigenvalue weighted by Gasteiger charge is -2.14. The van der Waals surface area contributed by atoms with Gasteiger partial charge in [0.2, 0.25) is 10.0 Å². The van der Waals surface area contributed by atoms with Crippen LogP contribution in [-0.2, 0) is 10.0 Å². The molecule has 1 fully saturated rings. The van der Waals surface area contributed by atoms with Gasteiger partial charge in [-0.3, -0.25) is 0 Å². The van der Waals surface area contributed by atoms with Gasteiger partial charge in [0.1, 0.15) is 5.82 Å². The summed E-state index contributed by atoms with van der Waals surface area (Å²) in [6.07, 6.45) is 2.12. The summed E-state index contributed by atoms with van der Waals surface area (Å²) in [4.78, 5) is 0.147. The molecule has 0 heterocycles. The van der Waals surface area contributed by atoms with Gasteiger partial charge >= 0.3 is 0 Å². The fraction of sp³-hybridized carbons (Fsp3) is 0.538. The molecule has 1 N–H and O–H groups in total. The van der Waals surface area contributed by atoms with Crippen LogP contribution in [0.2, 0.25) is 0 Å². The first kappa shape index (κ1) is 14.8. The fourth-order valence-electron chi connectivity index (χ4n) is 2.21. The Labute approximate surface area is 118 Å². The molecule has 3 nitrogen and oxygen atoms in total. The zero-order valence-corrected chi connectivity index (χ0v) is 12.5. The molecule has 0 aromatic heterocycles. The van der Waals surface area contributed by atoms with E-state index in [-0.39, 0.29) is 16.8 Å². The maximum atomic E-state index is 13.2. The smallest absolute Gasteiger partial charge is 0.210 e. The molecule has 0 bridgehead atoms. The largest absolute Gasteiger partial charge is 0.241 e. The molecule has 1 aliphatic carbocycles. The molecule has 1 aromatic rings. The van der Waals surface area contributed by atoms with E-state index in [0.29, 0.717) is 17.0 Å². The molecule has 19 heavy (non-hydrogen) atoms. The van der Waals surface area contributed by atoms with Crippen LogP contribution >= 0.6 is 11.6 Å². The second-order valence-corrected chi connectivity index (χ2v) is 7.34. The van der Waals surface area contributed by atoms with Crippen molar-refractivity contribution < 1.29 is 12.8 Å². The van der Waals surface area contributed by atoms with E-state index in [9.17, 15) is 12.8 Å². The van der Waals surface area contributed by atoms with Crippen LogP contribution in [0, 0.1) is 25.6 Å². The molecule has 0 amide bonds. The van der Waals surface area contributed by atoms with E-state index in [1.165, 1.54) is 12.1 Å². The lowest BCUT2D eigenvalue weighted by atomic mass is 10.1. The number of benzene rings is 1. The molecule has 6 heteroatoms. The molecule has 1 saturated carbocycles. The Morgan fingerprint density at radius 3 is 2.37 bits per heavy atom. The number of hydrogen-bond acceptors (Lipinski definition) is 2. The zero-order valence-electron chi connectivity index (χ0n) is 10.9. The first-order chi connectivity index (χ1) is 8.81. The molecule has 0 aliphatic heterocycles. The maximum absolute atomic E-state index is 13.2. The summed E-state index contributed by atoms with van der Waals surface area (Å²) in [6.45, 7) is 3.39. The van der Waals surface area contributed by atoms with E-state index < -0.39 is 15.8 Å². The number of halogens is 2. The van der Waals surface area contributed by atoms with Crippen LogP contribution in [0.15, 0.2) is 17.0 Å². The van der Waals surface area contributed by atoms with Crippen LogP contribution in [0.5, 0.6) is 0 Å². The lowest BCUT2D eigenvalue weighted by Crippen LogP contribution is -2.31. The Morgan fingerprint density at radius 1 is 1.37 bits per heavy atom. The maximum Gasteiger partial charge on any atom is 0.241 e. The molecular weight excluding hydrogens is 289 g/mol. The minimum atomic E-state index is -3.64. The summed E-state index contributed by atoms with van der Waals surface area (Å²) in [5, 5.41) is -0.171. The Kier molecular flexibility index (Phi) is 4.18. The number of rotatable bonds is 5. The van der Waals surface area contributed by atoms with Gasteiger partial charge in [-0.25, -0.2) is 17.5 Å². The van der Waals surface area contributed by atoms with Crippen molar-refractivity contribution in [3.05, 3.63) is 29.1 Å². The molecule has 1 unspecified atom stereocenters. The van der Waals surface area contributed by atoms with E-state index >= 15 is 0 Å². The van der Waals surface area contributed by atoms with Crippen molar-refractivity contribution >= 4 is 21.6 Å². The van der Waals surface area contributed by atoms with Crippen LogP contribution in [0.25, 0.3) is 0 Å². The van der Waals surface area contributed by atoms with Gasteiger partial charge in [0, 0.05) is 11.9 Å². The van der Waals surface area contributed by atoms with Crippen molar-refractivity contribution in [2.75, 3.05) is 6.54 Å². The van der Waals surface area contributed by atoms with E-state index in [0.717, 1.165) is 12.8 Å². The molecule has 1 aromatic carbocycles. The van der Waals surface area contributed by atoms with Crippen LogP contribution in [0.1, 0.15) is 24.0 Å². The van der Waals surface area contributed by atoms with Crippen molar-refractivity contribution in [2.45, 2.75) is 37.0 Å². The van der Waals surface area contributed by atoms with Gasteiger partial charge in [-0.2, -0.15) is 0 Å². The van der Waals surface area contributed by atoms with Gasteiger partial charge in [-0.05, 0) is 55.9 Å². The number of aryl methyl sites for hydroxylation is 2. The van der Waals surface area contributed by atoms with Gasteiger partial charge in [-0.1, -0.05) is 0 Å². The molecular formula is C13H17ClFNO2S. The highest BCUT2D eigenvalue weighted by Crippen LogP contribution is 2.35.